The van der Waals surface area contributed by atoms with Crippen molar-refractivity contribution in [2.75, 3.05) is 26.7 Å². The van der Waals surface area contributed by atoms with E-state index in [9.17, 15) is 4.79 Å². The van der Waals surface area contributed by atoms with Gasteiger partial charge in [-0.15, -0.1) is 0 Å². The van der Waals surface area contributed by atoms with E-state index in [1.807, 2.05) is 36.4 Å². The number of hydrogen-bond donors (Lipinski definition) is 0. The lowest BCUT2D eigenvalue weighted by molar-refractivity contribution is -0.137. The van der Waals surface area contributed by atoms with Crippen molar-refractivity contribution in [2.45, 2.75) is 32.4 Å². The van der Waals surface area contributed by atoms with E-state index in [1.165, 1.54) is 16.7 Å². The Labute approximate surface area is 197 Å². The minimum atomic E-state index is 0.103. The maximum atomic E-state index is 13.6. The van der Waals surface area contributed by atoms with E-state index in [0.29, 0.717) is 12.5 Å². The lowest BCUT2D eigenvalue weighted by Gasteiger charge is -2.34. The number of ether oxygens (including phenoxy) is 1. The van der Waals surface area contributed by atoms with Crippen LogP contribution < -0.4 is 4.74 Å². The quantitative estimate of drug-likeness (QED) is 0.458. The first-order valence-corrected chi connectivity index (χ1v) is 11.9. The van der Waals surface area contributed by atoms with Gasteiger partial charge in [0.2, 0.25) is 5.91 Å². The van der Waals surface area contributed by atoms with Gasteiger partial charge in [0, 0.05) is 25.6 Å². The fraction of sp³-hybridized carbons (Fsp3) is 0.345. The molecule has 0 aliphatic carbocycles. The van der Waals surface area contributed by atoms with Gasteiger partial charge in [0.1, 0.15) is 5.75 Å². The van der Waals surface area contributed by atoms with Crippen LogP contribution in [-0.2, 0) is 24.3 Å². The van der Waals surface area contributed by atoms with Gasteiger partial charge in [-0.2, -0.15) is 0 Å². The molecule has 3 aromatic rings. The van der Waals surface area contributed by atoms with Crippen molar-refractivity contribution in [3.8, 4) is 5.75 Å². The second-order valence-electron chi connectivity index (χ2n) is 8.88. The molecule has 172 valence electrons. The molecule has 4 nitrogen and oxygen atoms in total. The maximum Gasteiger partial charge on any atom is 0.226 e. The largest absolute Gasteiger partial charge is 0.497 e. The van der Waals surface area contributed by atoms with Gasteiger partial charge < -0.3 is 9.64 Å². The van der Waals surface area contributed by atoms with Crippen LogP contribution in [0, 0.1) is 5.92 Å². The number of amides is 1. The van der Waals surface area contributed by atoms with Crippen molar-refractivity contribution in [1.82, 2.24) is 9.80 Å². The van der Waals surface area contributed by atoms with Gasteiger partial charge in [-0.05, 0) is 61.2 Å². The molecule has 0 saturated carbocycles. The molecule has 0 atom stereocenters. The lowest BCUT2D eigenvalue weighted by atomic mass is 9.94. The zero-order valence-electron chi connectivity index (χ0n) is 19.5. The third-order valence-corrected chi connectivity index (χ3v) is 6.52. The molecular weight excluding hydrogens is 408 g/mol. The molecule has 0 spiro atoms. The van der Waals surface area contributed by atoms with Crippen LogP contribution in [0.1, 0.15) is 29.5 Å². The summed E-state index contributed by atoms with van der Waals surface area (Å²) in [6.45, 7) is 4.23. The molecule has 0 N–H and O–H groups in total. The molecule has 1 amide bonds. The van der Waals surface area contributed by atoms with E-state index in [2.05, 4.69) is 58.3 Å². The normalized spacial score (nSPS) is 14.7. The summed E-state index contributed by atoms with van der Waals surface area (Å²) in [6.07, 6.45) is 2.72. The Morgan fingerprint density at radius 3 is 2.18 bits per heavy atom. The summed E-state index contributed by atoms with van der Waals surface area (Å²) >= 11 is 0. The average Bonchev–Trinajstić information content (AvgIpc) is 2.88. The van der Waals surface area contributed by atoms with E-state index in [1.54, 1.807) is 7.11 Å². The maximum absolute atomic E-state index is 13.6. The van der Waals surface area contributed by atoms with Crippen molar-refractivity contribution < 1.29 is 9.53 Å². The van der Waals surface area contributed by atoms with Gasteiger partial charge in [0.25, 0.3) is 0 Å². The highest BCUT2D eigenvalue weighted by Crippen LogP contribution is 2.23. The topological polar surface area (TPSA) is 32.8 Å². The highest BCUT2D eigenvalue weighted by Gasteiger charge is 2.28. The molecule has 33 heavy (non-hydrogen) atoms. The molecule has 4 rings (SSSR count). The molecule has 1 heterocycles. The number of carbonyl (C=O) groups excluding carboxylic acids is 1. The number of rotatable bonds is 9. The van der Waals surface area contributed by atoms with Crippen molar-refractivity contribution >= 4 is 5.91 Å². The first-order chi connectivity index (χ1) is 16.2. The number of likely N-dealkylation sites (tertiary alicyclic amines) is 1. The molecule has 0 radical (unpaired) electrons. The van der Waals surface area contributed by atoms with Crippen molar-refractivity contribution in [1.29, 1.82) is 0 Å². The number of hydrogen-bond acceptors (Lipinski definition) is 3. The van der Waals surface area contributed by atoms with Crippen LogP contribution in [0.4, 0.5) is 0 Å². The minimum Gasteiger partial charge on any atom is -0.497 e. The summed E-state index contributed by atoms with van der Waals surface area (Å²) in [5.41, 5.74) is 3.72. The number of carbonyl (C=O) groups is 1. The van der Waals surface area contributed by atoms with Gasteiger partial charge in [-0.1, -0.05) is 72.8 Å². The fourth-order valence-electron chi connectivity index (χ4n) is 4.60. The Balaban J connectivity index is 1.36. The smallest absolute Gasteiger partial charge is 0.226 e. The van der Waals surface area contributed by atoms with E-state index in [-0.39, 0.29) is 5.92 Å². The molecule has 1 aliphatic heterocycles. The molecule has 4 heteroatoms. The van der Waals surface area contributed by atoms with Crippen LogP contribution in [0.25, 0.3) is 0 Å². The Bertz CT molecular complexity index is 998. The summed E-state index contributed by atoms with van der Waals surface area (Å²) in [5.74, 6) is 1.30. The van der Waals surface area contributed by atoms with Crippen molar-refractivity contribution in [3.63, 3.8) is 0 Å². The Hall–Kier alpha value is -3.11. The Morgan fingerprint density at radius 1 is 0.879 bits per heavy atom. The van der Waals surface area contributed by atoms with E-state index in [0.717, 1.165) is 51.2 Å². The van der Waals surface area contributed by atoms with Crippen LogP contribution in [0.3, 0.4) is 0 Å². The molecular formula is C29H34N2O2. The highest BCUT2D eigenvalue weighted by atomic mass is 16.5. The van der Waals surface area contributed by atoms with Gasteiger partial charge in [-0.25, -0.2) is 0 Å². The minimum absolute atomic E-state index is 0.103. The van der Waals surface area contributed by atoms with Crippen LogP contribution in [-0.4, -0.2) is 42.5 Å². The van der Waals surface area contributed by atoms with Crippen LogP contribution in [0.2, 0.25) is 0 Å². The lowest BCUT2D eigenvalue weighted by Crippen LogP contribution is -2.42. The van der Waals surface area contributed by atoms with E-state index in [4.69, 9.17) is 4.74 Å². The monoisotopic (exact) mass is 442 g/mol. The van der Waals surface area contributed by atoms with Crippen molar-refractivity contribution in [2.24, 2.45) is 5.92 Å². The Kier molecular flexibility index (Phi) is 8.15. The fourth-order valence-corrected chi connectivity index (χ4v) is 4.60. The molecule has 1 fully saturated rings. The SMILES string of the molecule is COc1cccc(CN2CCC(C(=O)N(CCc3ccccc3)Cc3ccccc3)CC2)c1. The summed E-state index contributed by atoms with van der Waals surface area (Å²) in [6, 6.07) is 29.1. The second kappa shape index (κ2) is 11.7. The molecule has 1 aliphatic rings. The van der Waals surface area contributed by atoms with Gasteiger partial charge >= 0.3 is 0 Å². The standard InChI is InChI=1S/C29H34N2O2/c1-33-28-14-8-13-26(21-28)22-30-18-16-27(17-19-30)29(32)31(23-25-11-6-3-7-12-25)20-15-24-9-4-2-5-10-24/h2-14,21,27H,15-20,22-23H2,1H3. The highest BCUT2D eigenvalue weighted by molar-refractivity contribution is 5.79. The van der Waals surface area contributed by atoms with Crippen LogP contribution in [0.15, 0.2) is 84.9 Å². The summed E-state index contributed by atoms with van der Waals surface area (Å²) in [5, 5.41) is 0. The molecule has 0 unspecified atom stereocenters. The van der Waals surface area contributed by atoms with Crippen molar-refractivity contribution in [3.05, 3.63) is 102 Å². The van der Waals surface area contributed by atoms with E-state index >= 15 is 0 Å². The number of piperidine rings is 1. The Morgan fingerprint density at radius 2 is 1.52 bits per heavy atom. The number of methoxy groups -OCH3 is 1. The summed E-state index contributed by atoms with van der Waals surface area (Å²) in [7, 11) is 1.70. The predicted molar refractivity (Wildman–Crippen MR) is 133 cm³/mol. The zero-order valence-corrected chi connectivity index (χ0v) is 19.5. The first-order valence-electron chi connectivity index (χ1n) is 11.9. The van der Waals surface area contributed by atoms with Gasteiger partial charge in [0.15, 0.2) is 0 Å². The second-order valence-corrected chi connectivity index (χ2v) is 8.88. The zero-order chi connectivity index (χ0) is 22.9. The first kappa shape index (κ1) is 23.1. The molecule has 0 bridgehead atoms. The van der Waals surface area contributed by atoms with Gasteiger partial charge in [-0.3, -0.25) is 9.69 Å². The number of benzene rings is 3. The molecule has 0 aromatic heterocycles. The predicted octanol–water partition coefficient (Wildman–Crippen LogP) is 5.18. The molecule has 3 aromatic carbocycles. The molecule has 1 saturated heterocycles. The summed E-state index contributed by atoms with van der Waals surface area (Å²) < 4.78 is 5.35. The van der Waals surface area contributed by atoms with Crippen LogP contribution >= 0.6 is 0 Å². The number of nitrogens with zero attached hydrogens (tertiary/aromatic N) is 2. The third-order valence-electron chi connectivity index (χ3n) is 6.52. The van der Waals surface area contributed by atoms with Gasteiger partial charge in [0.05, 0.1) is 7.11 Å². The third kappa shape index (κ3) is 6.69. The average molecular weight is 443 g/mol. The van der Waals surface area contributed by atoms with E-state index < -0.39 is 0 Å². The summed E-state index contributed by atoms with van der Waals surface area (Å²) in [4.78, 5) is 18.1. The van der Waals surface area contributed by atoms with Crippen LogP contribution in [0.5, 0.6) is 5.75 Å².